The van der Waals surface area contributed by atoms with Gasteiger partial charge >= 0.3 is 5.97 Å². The van der Waals surface area contributed by atoms with Crippen LogP contribution in [0.25, 0.3) is 0 Å². The number of unbranched alkanes of at least 4 members (excludes halogenated alkanes) is 3. The lowest BCUT2D eigenvalue weighted by atomic mass is 10.1. The molecule has 0 bridgehead atoms. The van der Waals surface area contributed by atoms with Gasteiger partial charge in [0.25, 0.3) is 0 Å². The van der Waals surface area contributed by atoms with Crippen LogP contribution in [0.15, 0.2) is 18.2 Å². The Balaban J connectivity index is 2.68. The van der Waals surface area contributed by atoms with Gasteiger partial charge in [-0.2, -0.15) is 0 Å². The molecule has 0 saturated heterocycles. The first kappa shape index (κ1) is 19.3. The van der Waals surface area contributed by atoms with Crippen molar-refractivity contribution < 1.29 is 9.53 Å². The summed E-state index contributed by atoms with van der Waals surface area (Å²) in [6, 6.07) is 5.59. The van der Waals surface area contributed by atoms with Crippen LogP contribution in [-0.4, -0.2) is 18.6 Å². The number of nitrogen functional groups attached to an aromatic ring is 1. The van der Waals surface area contributed by atoms with Crippen molar-refractivity contribution in [2.75, 3.05) is 17.7 Å². The molecule has 0 aliphatic rings. The fourth-order valence-electron chi connectivity index (χ4n) is 2.39. The lowest BCUT2D eigenvalue weighted by Crippen LogP contribution is -2.19. The maximum atomic E-state index is 12.3. The minimum Gasteiger partial charge on any atom is -0.462 e. The van der Waals surface area contributed by atoms with E-state index in [1.807, 2.05) is 19.9 Å². The number of ether oxygens (including phenoxy) is 1. The molecule has 0 heterocycles. The molecule has 1 aromatic carbocycles. The Bertz CT molecular complexity index is 486. The molecule has 3 N–H and O–H groups in total. The highest BCUT2D eigenvalue weighted by Gasteiger charge is 2.15. The maximum Gasteiger partial charge on any atom is 0.340 e. The zero-order valence-corrected chi connectivity index (χ0v) is 15.0. The topological polar surface area (TPSA) is 64.3 Å². The molecule has 0 amide bonds. The highest BCUT2D eigenvalue weighted by atomic mass is 16.5. The van der Waals surface area contributed by atoms with Gasteiger partial charge in [-0.1, -0.05) is 46.5 Å². The van der Waals surface area contributed by atoms with E-state index in [2.05, 4.69) is 19.2 Å². The first-order chi connectivity index (χ1) is 10.9. The molecule has 4 heteroatoms. The van der Waals surface area contributed by atoms with E-state index in [4.69, 9.17) is 10.5 Å². The molecule has 4 nitrogen and oxygen atoms in total. The van der Waals surface area contributed by atoms with Crippen LogP contribution in [0, 0.1) is 5.92 Å². The molecule has 0 aliphatic heterocycles. The molecule has 0 spiro atoms. The van der Waals surface area contributed by atoms with Gasteiger partial charge in [0.05, 0.1) is 17.9 Å². The van der Waals surface area contributed by atoms with E-state index in [-0.39, 0.29) is 5.97 Å². The van der Waals surface area contributed by atoms with E-state index >= 15 is 0 Å². The molecule has 0 aromatic heterocycles. The summed E-state index contributed by atoms with van der Waals surface area (Å²) in [4.78, 5) is 12.3. The van der Waals surface area contributed by atoms with Crippen LogP contribution in [0.3, 0.4) is 0 Å². The Labute approximate surface area is 140 Å². The molecular formula is C19H32N2O2. The summed E-state index contributed by atoms with van der Waals surface area (Å²) < 4.78 is 5.34. The van der Waals surface area contributed by atoms with Crippen molar-refractivity contribution in [2.24, 2.45) is 5.92 Å². The van der Waals surface area contributed by atoms with Crippen molar-refractivity contribution in [2.45, 2.75) is 65.8 Å². The summed E-state index contributed by atoms with van der Waals surface area (Å²) in [5.41, 5.74) is 7.84. The van der Waals surface area contributed by atoms with Gasteiger partial charge in [-0.15, -0.1) is 0 Å². The minimum absolute atomic E-state index is 0.292. The molecule has 0 saturated carbocycles. The number of rotatable bonds is 10. The van der Waals surface area contributed by atoms with Gasteiger partial charge in [0.2, 0.25) is 0 Å². The predicted molar refractivity (Wildman–Crippen MR) is 97.8 cm³/mol. The molecule has 0 aliphatic carbocycles. The number of nitrogens with two attached hydrogens (primary N) is 1. The van der Waals surface area contributed by atoms with E-state index in [0.29, 0.717) is 29.8 Å². The van der Waals surface area contributed by atoms with Crippen molar-refractivity contribution in [3.8, 4) is 0 Å². The van der Waals surface area contributed by atoms with Crippen LogP contribution in [-0.2, 0) is 4.74 Å². The SMILES string of the molecule is CCCCCCC(C)Nc1cc(N)ccc1C(=O)OCC(C)C. The Hall–Kier alpha value is -1.71. The van der Waals surface area contributed by atoms with Crippen molar-refractivity contribution in [3.63, 3.8) is 0 Å². The summed E-state index contributed by atoms with van der Waals surface area (Å²) in [6.07, 6.45) is 6.04. The number of hydrogen-bond acceptors (Lipinski definition) is 4. The zero-order chi connectivity index (χ0) is 17.2. The third-order valence-electron chi connectivity index (χ3n) is 3.70. The summed E-state index contributed by atoms with van der Waals surface area (Å²) in [6.45, 7) is 8.82. The highest BCUT2D eigenvalue weighted by Crippen LogP contribution is 2.22. The molecule has 1 atom stereocenters. The Morgan fingerprint density at radius 1 is 1.22 bits per heavy atom. The van der Waals surface area contributed by atoms with Crippen LogP contribution in [0.2, 0.25) is 0 Å². The minimum atomic E-state index is -0.292. The van der Waals surface area contributed by atoms with E-state index in [1.165, 1.54) is 25.7 Å². The van der Waals surface area contributed by atoms with Gasteiger partial charge < -0.3 is 15.8 Å². The van der Waals surface area contributed by atoms with Crippen molar-refractivity contribution in [3.05, 3.63) is 23.8 Å². The highest BCUT2D eigenvalue weighted by molar-refractivity contribution is 5.96. The number of benzene rings is 1. The third-order valence-corrected chi connectivity index (χ3v) is 3.70. The Kier molecular flexibility index (Phi) is 8.52. The van der Waals surface area contributed by atoms with E-state index in [9.17, 15) is 4.79 Å². The Morgan fingerprint density at radius 3 is 2.61 bits per heavy atom. The van der Waals surface area contributed by atoms with Gasteiger partial charge in [-0.25, -0.2) is 4.79 Å². The molecule has 130 valence electrons. The second-order valence-electron chi connectivity index (χ2n) is 6.69. The number of hydrogen-bond donors (Lipinski definition) is 2. The zero-order valence-electron chi connectivity index (χ0n) is 15.0. The normalized spacial score (nSPS) is 12.2. The average Bonchev–Trinajstić information content (AvgIpc) is 2.49. The molecule has 0 fully saturated rings. The number of nitrogens with one attached hydrogen (secondary N) is 1. The summed E-state index contributed by atoms with van der Waals surface area (Å²) in [5.74, 6) is 0.0287. The average molecular weight is 320 g/mol. The molecule has 23 heavy (non-hydrogen) atoms. The second-order valence-corrected chi connectivity index (χ2v) is 6.69. The maximum absolute atomic E-state index is 12.3. The van der Waals surface area contributed by atoms with E-state index < -0.39 is 0 Å². The standard InChI is InChI=1S/C19H32N2O2/c1-5-6-7-8-9-15(4)21-18-12-16(20)10-11-17(18)19(22)23-13-14(2)3/h10-12,14-15,21H,5-9,13,20H2,1-4H3. The van der Waals surface area contributed by atoms with Crippen molar-refractivity contribution >= 4 is 17.3 Å². The fraction of sp³-hybridized carbons (Fsp3) is 0.632. The number of carbonyl (C=O) groups is 1. The van der Waals surface area contributed by atoms with Crippen LogP contribution in [0.5, 0.6) is 0 Å². The fourth-order valence-corrected chi connectivity index (χ4v) is 2.39. The molecule has 1 unspecified atom stereocenters. The van der Waals surface area contributed by atoms with Gasteiger partial charge in [0.15, 0.2) is 0 Å². The number of anilines is 2. The number of esters is 1. The molecule has 1 aromatic rings. The van der Waals surface area contributed by atoms with Gasteiger partial charge in [0.1, 0.15) is 0 Å². The molecule has 0 radical (unpaired) electrons. The van der Waals surface area contributed by atoms with Crippen molar-refractivity contribution in [1.82, 2.24) is 0 Å². The van der Waals surface area contributed by atoms with Crippen LogP contribution in [0.4, 0.5) is 11.4 Å². The second kappa shape index (κ2) is 10.1. The lowest BCUT2D eigenvalue weighted by Gasteiger charge is -2.18. The summed E-state index contributed by atoms with van der Waals surface area (Å²) in [5, 5.41) is 3.42. The first-order valence-electron chi connectivity index (χ1n) is 8.77. The van der Waals surface area contributed by atoms with E-state index in [1.54, 1.807) is 12.1 Å². The van der Waals surface area contributed by atoms with Crippen LogP contribution >= 0.6 is 0 Å². The summed E-state index contributed by atoms with van der Waals surface area (Å²) >= 11 is 0. The smallest absolute Gasteiger partial charge is 0.340 e. The van der Waals surface area contributed by atoms with Crippen molar-refractivity contribution in [1.29, 1.82) is 0 Å². The van der Waals surface area contributed by atoms with Gasteiger partial charge in [-0.05, 0) is 37.5 Å². The van der Waals surface area contributed by atoms with Crippen LogP contribution < -0.4 is 11.1 Å². The number of carbonyl (C=O) groups excluding carboxylic acids is 1. The monoisotopic (exact) mass is 320 g/mol. The predicted octanol–water partition coefficient (Wildman–Crippen LogP) is 4.85. The molecular weight excluding hydrogens is 288 g/mol. The van der Waals surface area contributed by atoms with Gasteiger partial charge in [-0.3, -0.25) is 0 Å². The van der Waals surface area contributed by atoms with E-state index in [0.717, 1.165) is 12.1 Å². The summed E-state index contributed by atoms with van der Waals surface area (Å²) in [7, 11) is 0. The quantitative estimate of drug-likeness (QED) is 0.367. The van der Waals surface area contributed by atoms with Crippen LogP contribution in [0.1, 0.15) is 70.2 Å². The first-order valence-corrected chi connectivity index (χ1v) is 8.77. The Morgan fingerprint density at radius 2 is 1.96 bits per heavy atom. The molecule has 1 rings (SSSR count). The van der Waals surface area contributed by atoms with Gasteiger partial charge in [0, 0.05) is 11.7 Å². The largest absolute Gasteiger partial charge is 0.462 e. The lowest BCUT2D eigenvalue weighted by molar-refractivity contribution is 0.0460. The third kappa shape index (κ3) is 7.40.